The predicted octanol–water partition coefficient (Wildman–Crippen LogP) is 4.77. The van der Waals surface area contributed by atoms with Gasteiger partial charge in [0.1, 0.15) is 0 Å². The highest BCUT2D eigenvalue weighted by molar-refractivity contribution is 9.10. The van der Waals surface area contributed by atoms with Crippen LogP contribution in [0.1, 0.15) is 35.4 Å². The first-order chi connectivity index (χ1) is 8.00. The molecule has 1 heterocycles. The second-order valence-electron chi connectivity index (χ2n) is 4.96. The smallest absolute Gasteiger partial charge is 0.0852 e. The van der Waals surface area contributed by atoms with E-state index in [-0.39, 0.29) is 11.5 Å². The number of hydrogen-bond acceptors (Lipinski definition) is 1. The van der Waals surface area contributed by atoms with Crippen molar-refractivity contribution in [3.05, 3.63) is 33.3 Å². The van der Waals surface area contributed by atoms with Gasteiger partial charge in [0.25, 0.3) is 0 Å². The fraction of sp³-hybridized carbons (Fsp3) is 0.571. The van der Waals surface area contributed by atoms with Gasteiger partial charge in [-0.05, 0) is 48.9 Å². The van der Waals surface area contributed by atoms with E-state index in [0.29, 0.717) is 5.92 Å². The number of aryl methyl sites for hydroxylation is 2. The Kier molecular flexibility index (Phi) is 4.17. The first-order valence-corrected chi connectivity index (χ1v) is 7.26. The number of ether oxygens (including phenoxy) is 1. The molecule has 94 valence electrons. The third-order valence-electron chi connectivity index (χ3n) is 3.58. The molecule has 3 heteroatoms. The van der Waals surface area contributed by atoms with Crippen LogP contribution in [0.4, 0.5) is 0 Å². The highest BCUT2D eigenvalue weighted by Crippen LogP contribution is 2.38. The van der Waals surface area contributed by atoms with E-state index >= 15 is 0 Å². The van der Waals surface area contributed by atoms with Crippen LogP contribution >= 0.6 is 27.5 Å². The number of benzene rings is 1. The summed E-state index contributed by atoms with van der Waals surface area (Å²) >= 11 is 10.1. The van der Waals surface area contributed by atoms with Gasteiger partial charge >= 0.3 is 0 Å². The minimum absolute atomic E-state index is 0.0423. The minimum Gasteiger partial charge on any atom is -0.376 e. The molecule has 3 atom stereocenters. The Bertz CT molecular complexity index is 419. The quantitative estimate of drug-likeness (QED) is 0.714. The SMILES string of the molecule is Cc1cc(C(Cl)C2OCCC2C)c(C)cc1Br. The van der Waals surface area contributed by atoms with Crippen molar-refractivity contribution in [3.63, 3.8) is 0 Å². The summed E-state index contributed by atoms with van der Waals surface area (Å²) in [5.74, 6) is 0.542. The van der Waals surface area contributed by atoms with Crippen molar-refractivity contribution >= 4 is 27.5 Å². The second-order valence-corrected chi connectivity index (χ2v) is 6.29. The number of alkyl halides is 1. The molecule has 1 nitrogen and oxygen atoms in total. The summed E-state index contributed by atoms with van der Waals surface area (Å²) in [6.07, 6.45) is 1.26. The molecule has 3 unspecified atom stereocenters. The maximum absolute atomic E-state index is 6.60. The Morgan fingerprint density at radius 1 is 1.35 bits per heavy atom. The first-order valence-electron chi connectivity index (χ1n) is 6.03. The highest BCUT2D eigenvalue weighted by Gasteiger charge is 2.32. The summed E-state index contributed by atoms with van der Waals surface area (Å²) in [7, 11) is 0. The Balaban J connectivity index is 2.30. The maximum Gasteiger partial charge on any atom is 0.0852 e. The van der Waals surface area contributed by atoms with Crippen LogP contribution in [-0.4, -0.2) is 12.7 Å². The molecular weight excluding hydrogens is 300 g/mol. The van der Waals surface area contributed by atoms with Crippen molar-refractivity contribution in [2.75, 3.05) is 6.61 Å². The molecule has 1 aromatic rings. The largest absolute Gasteiger partial charge is 0.376 e. The van der Waals surface area contributed by atoms with Crippen LogP contribution in [0, 0.1) is 19.8 Å². The van der Waals surface area contributed by atoms with Gasteiger partial charge in [-0.15, -0.1) is 11.6 Å². The van der Waals surface area contributed by atoms with Gasteiger partial charge in [0.2, 0.25) is 0 Å². The normalized spacial score (nSPS) is 26.2. The van der Waals surface area contributed by atoms with Crippen LogP contribution in [0.25, 0.3) is 0 Å². The molecule has 0 N–H and O–H groups in total. The molecule has 0 saturated carbocycles. The van der Waals surface area contributed by atoms with Gasteiger partial charge in [0.15, 0.2) is 0 Å². The van der Waals surface area contributed by atoms with E-state index in [1.165, 1.54) is 16.7 Å². The maximum atomic E-state index is 6.60. The fourth-order valence-corrected chi connectivity index (χ4v) is 3.38. The van der Waals surface area contributed by atoms with Crippen molar-refractivity contribution in [1.82, 2.24) is 0 Å². The zero-order valence-electron chi connectivity index (χ0n) is 10.5. The molecule has 0 spiro atoms. The van der Waals surface area contributed by atoms with E-state index in [0.717, 1.165) is 17.5 Å². The van der Waals surface area contributed by atoms with Crippen molar-refractivity contribution < 1.29 is 4.74 Å². The number of halogens is 2. The highest BCUT2D eigenvalue weighted by atomic mass is 79.9. The molecular formula is C14H18BrClO. The molecule has 2 rings (SSSR count). The lowest BCUT2D eigenvalue weighted by atomic mass is 9.93. The van der Waals surface area contributed by atoms with Crippen molar-refractivity contribution in [1.29, 1.82) is 0 Å². The zero-order chi connectivity index (χ0) is 12.6. The van der Waals surface area contributed by atoms with Crippen LogP contribution < -0.4 is 0 Å². The molecule has 1 aliphatic heterocycles. The standard InChI is InChI=1S/C14H18BrClO/c1-8-4-5-17-14(8)13(16)11-6-10(3)12(15)7-9(11)2/h6-8,13-14H,4-5H2,1-3H3. The van der Waals surface area contributed by atoms with Crippen LogP contribution in [0.15, 0.2) is 16.6 Å². The van der Waals surface area contributed by atoms with Gasteiger partial charge in [-0.3, -0.25) is 0 Å². The fourth-order valence-electron chi connectivity index (χ4n) is 2.37. The van der Waals surface area contributed by atoms with Gasteiger partial charge in [0, 0.05) is 11.1 Å². The Morgan fingerprint density at radius 3 is 2.65 bits per heavy atom. The summed E-state index contributed by atoms with van der Waals surface area (Å²) in [6.45, 7) is 7.25. The molecule has 1 aromatic carbocycles. The summed E-state index contributed by atoms with van der Waals surface area (Å²) in [5.41, 5.74) is 3.65. The minimum atomic E-state index is -0.0423. The van der Waals surface area contributed by atoms with Gasteiger partial charge in [0.05, 0.1) is 11.5 Å². The van der Waals surface area contributed by atoms with Crippen molar-refractivity contribution in [2.24, 2.45) is 5.92 Å². The Hall–Kier alpha value is -0.0500. The first kappa shape index (κ1) is 13.4. The van der Waals surface area contributed by atoms with Crippen LogP contribution in [0.5, 0.6) is 0 Å². The lowest BCUT2D eigenvalue weighted by Crippen LogP contribution is -2.20. The van der Waals surface area contributed by atoms with Crippen LogP contribution in [0.3, 0.4) is 0 Å². The van der Waals surface area contributed by atoms with E-state index in [1.54, 1.807) is 0 Å². The van der Waals surface area contributed by atoms with E-state index < -0.39 is 0 Å². The monoisotopic (exact) mass is 316 g/mol. The third kappa shape index (κ3) is 2.69. The molecule has 0 bridgehead atoms. The average Bonchev–Trinajstić information content (AvgIpc) is 2.69. The number of rotatable bonds is 2. The lowest BCUT2D eigenvalue weighted by Gasteiger charge is -2.23. The predicted molar refractivity (Wildman–Crippen MR) is 75.7 cm³/mol. The van der Waals surface area contributed by atoms with Gasteiger partial charge in [-0.25, -0.2) is 0 Å². The molecule has 1 aliphatic rings. The number of hydrogen-bond donors (Lipinski definition) is 0. The molecule has 1 fully saturated rings. The van der Waals surface area contributed by atoms with E-state index in [4.69, 9.17) is 16.3 Å². The topological polar surface area (TPSA) is 9.23 Å². The second kappa shape index (κ2) is 5.29. The van der Waals surface area contributed by atoms with Crippen LogP contribution in [-0.2, 0) is 4.74 Å². The Morgan fingerprint density at radius 2 is 2.06 bits per heavy atom. The summed E-state index contributed by atoms with van der Waals surface area (Å²) in [4.78, 5) is 0. The van der Waals surface area contributed by atoms with E-state index in [9.17, 15) is 0 Å². The van der Waals surface area contributed by atoms with Crippen LogP contribution in [0.2, 0.25) is 0 Å². The van der Waals surface area contributed by atoms with Gasteiger partial charge in [-0.1, -0.05) is 28.9 Å². The molecule has 1 saturated heterocycles. The van der Waals surface area contributed by atoms with E-state index in [2.05, 4.69) is 48.8 Å². The summed E-state index contributed by atoms with van der Waals surface area (Å²) < 4.78 is 6.90. The molecule has 17 heavy (non-hydrogen) atoms. The van der Waals surface area contributed by atoms with Gasteiger partial charge in [-0.2, -0.15) is 0 Å². The lowest BCUT2D eigenvalue weighted by molar-refractivity contribution is 0.0902. The van der Waals surface area contributed by atoms with Gasteiger partial charge < -0.3 is 4.74 Å². The molecule has 0 radical (unpaired) electrons. The van der Waals surface area contributed by atoms with Crippen molar-refractivity contribution in [3.8, 4) is 0 Å². The Labute approximate surface area is 117 Å². The molecule has 0 amide bonds. The average molecular weight is 318 g/mol. The van der Waals surface area contributed by atoms with E-state index in [1.807, 2.05) is 0 Å². The van der Waals surface area contributed by atoms with Crippen molar-refractivity contribution in [2.45, 2.75) is 38.7 Å². The summed E-state index contributed by atoms with van der Waals surface area (Å²) in [6, 6.07) is 4.31. The summed E-state index contributed by atoms with van der Waals surface area (Å²) in [5, 5.41) is -0.0423. The zero-order valence-corrected chi connectivity index (χ0v) is 12.8. The molecule has 0 aromatic heterocycles. The molecule has 0 aliphatic carbocycles. The third-order valence-corrected chi connectivity index (χ3v) is 4.91.